The van der Waals surface area contributed by atoms with Gasteiger partial charge in [0.1, 0.15) is 5.60 Å². The molecule has 144 valence electrons. The fourth-order valence-corrected chi connectivity index (χ4v) is 3.35. The van der Waals surface area contributed by atoms with Gasteiger partial charge >= 0.3 is 6.09 Å². The van der Waals surface area contributed by atoms with Gasteiger partial charge in [-0.1, -0.05) is 6.92 Å². The third-order valence-corrected chi connectivity index (χ3v) is 4.85. The second-order valence-corrected chi connectivity index (χ2v) is 7.96. The minimum Gasteiger partial charge on any atom is -0.444 e. The zero-order chi connectivity index (χ0) is 18.4. The van der Waals surface area contributed by atoms with Crippen molar-refractivity contribution in [3.8, 4) is 0 Å². The summed E-state index contributed by atoms with van der Waals surface area (Å²) in [6, 6.07) is 0.490. The van der Waals surface area contributed by atoms with Crippen LogP contribution < -0.4 is 5.73 Å². The van der Waals surface area contributed by atoms with Crippen LogP contribution in [0.25, 0.3) is 0 Å². The van der Waals surface area contributed by atoms with Crippen molar-refractivity contribution in [3.05, 3.63) is 0 Å². The molecule has 0 aromatic heterocycles. The van der Waals surface area contributed by atoms with Gasteiger partial charge in [0.15, 0.2) is 5.96 Å². The predicted molar refractivity (Wildman–Crippen MR) is 101 cm³/mol. The van der Waals surface area contributed by atoms with Gasteiger partial charge in [-0.3, -0.25) is 9.89 Å². The molecule has 2 N–H and O–H groups in total. The normalized spacial score (nSPS) is 21.5. The lowest BCUT2D eigenvalue weighted by molar-refractivity contribution is 0.0186. The number of carbonyl (C=O) groups excluding carboxylic acids is 1. The van der Waals surface area contributed by atoms with Crippen LogP contribution in [0, 0.1) is 0 Å². The number of likely N-dealkylation sites (tertiary alicyclic amines) is 1. The standard InChI is InChI=1S/C18H35N5O2/c1-5-15(21-8-6-7-9-21)14-20-16(19)22-10-12-23(13-11-22)17(24)25-18(2,3)4/h15H,5-14H2,1-4H3,(H2,19,20). The molecule has 7 heteroatoms. The summed E-state index contributed by atoms with van der Waals surface area (Å²) >= 11 is 0. The summed E-state index contributed by atoms with van der Waals surface area (Å²) < 4.78 is 5.42. The Morgan fingerprint density at radius 1 is 1.08 bits per heavy atom. The van der Waals surface area contributed by atoms with E-state index >= 15 is 0 Å². The Labute approximate surface area is 152 Å². The van der Waals surface area contributed by atoms with E-state index in [-0.39, 0.29) is 6.09 Å². The number of ether oxygens (including phenoxy) is 1. The Balaban J connectivity index is 1.79. The number of guanidine groups is 1. The van der Waals surface area contributed by atoms with Crippen LogP contribution in [0.2, 0.25) is 0 Å². The molecule has 2 aliphatic rings. The number of carbonyl (C=O) groups is 1. The molecule has 2 rings (SSSR count). The van der Waals surface area contributed by atoms with Gasteiger partial charge in [0, 0.05) is 32.2 Å². The van der Waals surface area contributed by atoms with Gasteiger partial charge in [-0.05, 0) is 53.1 Å². The molecule has 25 heavy (non-hydrogen) atoms. The van der Waals surface area contributed by atoms with Crippen molar-refractivity contribution in [1.29, 1.82) is 0 Å². The van der Waals surface area contributed by atoms with E-state index in [0.29, 0.717) is 38.2 Å². The monoisotopic (exact) mass is 353 g/mol. The molecule has 0 aromatic carbocycles. The lowest BCUT2D eigenvalue weighted by atomic mass is 10.2. The first-order chi connectivity index (χ1) is 11.8. The minimum absolute atomic E-state index is 0.247. The molecule has 0 saturated carbocycles. The predicted octanol–water partition coefficient (Wildman–Crippen LogP) is 1.73. The van der Waals surface area contributed by atoms with Crippen LogP contribution in [0.4, 0.5) is 4.79 Å². The lowest BCUT2D eigenvalue weighted by Crippen LogP contribution is -2.53. The van der Waals surface area contributed by atoms with Crippen molar-refractivity contribution in [1.82, 2.24) is 14.7 Å². The van der Waals surface area contributed by atoms with Gasteiger partial charge in [-0.15, -0.1) is 0 Å². The Morgan fingerprint density at radius 2 is 1.64 bits per heavy atom. The molecule has 0 aromatic rings. The second kappa shape index (κ2) is 8.74. The molecule has 2 fully saturated rings. The van der Waals surface area contributed by atoms with E-state index in [4.69, 9.17) is 10.5 Å². The van der Waals surface area contributed by atoms with Crippen LogP contribution in [-0.4, -0.2) is 84.2 Å². The number of piperazine rings is 1. The quantitative estimate of drug-likeness (QED) is 0.615. The van der Waals surface area contributed by atoms with Crippen molar-refractivity contribution in [3.63, 3.8) is 0 Å². The first kappa shape index (κ1) is 19.8. The Bertz CT molecular complexity index is 461. The molecule has 1 amide bonds. The Hall–Kier alpha value is -1.50. The minimum atomic E-state index is -0.459. The second-order valence-electron chi connectivity index (χ2n) is 7.96. The van der Waals surface area contributed by atoms with Gasteiger partial charge in [0.25, 0.3) is 0 Å². The molecule has 7 nitrogen and oxygen atoms in total. The van der Waals surface area contributed by atoms with Crippen LogP contribution in [0.3, 0.4) is 0 Å². The largest absolute Gasteiger partial charge is 0.444 e. The first-order valence-corrected chi connectivity index (χ1v) is 9.57. The lowest BCUT2D eigenvalue weighted by Gasteiger charge is -2.36. The average molecular weight is 354 g/mol. The van der Waals surface area contributed by atoms with E-state index in [1.165, 1.54) is 25.9 Å². The van der Waals surface area contributed by atoms with Gasteiger partial charge < -0.3 is 20.3 Å². The number of aliphatic imine (C=N–C) groups is 1. The van der Waals surface area contributed by atoms with E-state index in [0.717, 1.165) is 13.0 Å². The zero-order valence-electron chi connectivity index (χ0n) is 16.3. The number of amides is 1. The van der Waals surface area contributed by atoms with E-state index in [1.807, 2.05) is 20.8 Å². The molecule has 0 aliphatic carbocycles. The van der Waals surface area contributed by atoms with E-state index < -0.39 is 5.60 Å². The molecule has 0 bridgehead atoms. The number of rotatable bonds is 4. The first-order valence-electron chi connectivity index (χ1n) is 9.57. The highest BCUT2D eigenvalue weighted by Crippen LogP contribution is 2.15. The Kier molecular flexibility index (Phi) is 6.93. The smallest absolute Gasteiger partial charge is 0.410 e. The number of nitrogens with two attached hydrogens (primary N) is 1. The van der Waals surface area contributed by atoms with Crippen LogP contribution >= 0.6 is 0 Å². The maximum Gasteiger partial charge on any atom is 0.410 e. The van der Waals surface area contributed by atoms with Gasteiger partial charge in [-0.2, -0.15) is 0 Å². The molecular formula is C18H35N5O2. The number of nitrogens with zero attached hydrogens (tertiary/aromatic N) is 4. The van der Waals surface area contributed by atoms with Crippen molar-refractivity contribution in [2.75, 3.05) is 45.8 Å². The molecule has 0 radical (unpaired) electrons. The van der Waals surface area contributed by atoms with Crippen molar-refractivity contribution >= 4 is 12.1 Å². The van der Waals surface area contributed by atoms with E-state index in [2.05, 4.69) is 21.7 Å². The highest BCUT2D eigenvalue weighted by atomic mass is 16.6. The van der Waals surface area contributed by atoms with Crippen LogP contribution in [0.15, 0.2) is 4.99 Å². The SMILES string of the molecule is CCC(CN=C(N)N1CCN(C(=O)OC(C)(C)C)CC1)N1CCCC1. The molecule has 2 aliphatic heterocycles. The fourth-order valence-electron chi connectivity index (χ4n) is 3.35. The van der Waals surface area contributed by atoms with Crippen molar-refractivity contribution < 1.29 is 9.53 Å². The third-order valence-electron chi connectivity index (χ3n) is 4.85. The number of hydrogen-bond acceptors (Lipinski definition) is 4. The van der Waals surface area contributed by atoms with Gasteiger partial charge in [0.2, 0.25) is 0 Å². The van der Waals surface area contributed by atoms with E-state index in [1.54, 1.807) is 4.90 Å². The summed E-state index contributed by atoms with van der Waals surface area (Å²) in [6.45, 7) is 13.6. The van der Waals surface area contributed by atoms with Crippen LogP contribution in [-0.2, 0) is 4.74 Å². The summed E-state index contributed by atoms with van der Waals surface area (Å²) in [6.07, 6.45) is 3.44. The maximum atomic E-state index is 12.1. The van der Waals surface area contributed by atoms with Gasteiger partial charge in [-0.25, -0.2) is 4.79 Å². The summed E-state index contributed by atoms with van der Waals surface area (Å²) in [4.78, 5) is 23.1. The number of hydrogen-bond donors (Lipinski definition) is 1. The third kappa shape index (κ3) is 6.06. The molecule has 0 spiro atoms. The van der Waals surface area contributed by atoms with Crippen LogP contribution in [0.1, 0.15) is 47.0 Å². The molecule has 1 unspecified atom stereocenters. The summed E-state index contributed by atoms with van der Waals surface area (Å²) in [7, 11) is 0. The summed E-state index contributed by atoms with van der Waals surface area (Å²) in [5, 5.41) is 0. The molecule has 2 saturated heterocycles. The fraction of sp³-hybridized carbons (Fsp3) is 0.889. The zero-order valence-corrected chi connectivity index (χ0v) is 16.3. The van der Waals surface area contributed by atoms with Crippen LogP contribution in [0.5, 0.6) is 0 Å². The van der Waals surface area contributed by atoms with Crippen molar-refractivity contribution in [2.24, 2.45) is 10.7 Å². The average Bonchev–Trinajstić information content (AvgIpc) is 3.08. The summed E-state index contributed by atoms with van der Waals surface area (Å²) in [5.41, 5.74) is 5.74. The highest BCUT2D eigenvalue weighted by molar-refractivity contribution is 5.78. The highest BCUT2D eigenvalue weighted by Gasteiger charge is 2.26. The van der Waals surface area contributed by atoms with Gasteiger partial charge in [0.05, 0.1) is 6.54 Å². The molecule has 2 heterocycles. The topological polar surface area (TPSA) is 74.4 Å². The maximum absolute atomic E-state index is 12.1. The molecular weight excluding hydrogens is 318 g/mol. The molecule has 1 atom stereocenters. The van der Waals surface area contributed by atoms with E-state index in [9.17, 15) is 4.79 Å². The summed E-state index contributed by atoms with van der Waals surface area (Å²) in [5.74, 6) is 0.599. The van der Waals surface area contributed by atoms with Crippen molar-refractivity contribution in [2.45, 2.75) is 58.6 Å². The Morgan fingerprint density at radius 3 is 2.16 bits per heavy atom.